The van der Waals surface area contributed by atoms with Gasteiger partial charge in [0.1, 0.15) is 5.15 Å². The molecule has 4 nitrogen and oxygen atoms in total. The van der Waals surface area contributed by atoms with Crippen LogP contribution in [0.3, 0.4) is 0 Å². The highest BCUT2D eigenvalue weighted by atomic mass is 35.5. The van der Waals surface area contributed by atoms with Crippen molar-refractivity contribution in [3.05, 3.63) is 41.2 Å². The van der Waals surface area contributed by atoms with Gasteiger partial charge < -0.3 is 10.4 Å². The molecule has 0 aliphatic rings. The van der Waals surface area contributed by atoms with Gasteiger partial charge in [0.15, 0.2) is 0 Å². The van der Waals surface area contributed by atoms with E-state index in [4.69, 9.17) is 11.6 Å². The van der Waals surface area contributed by atoms with E-state index in [1.54, 1.807) is 0 Å². The first-order valence-corrected chi connectivity index (χ1v) is 7.00. The summed E-state index contributed by atoms with van der Waals surface area (Å²) in [5, 5.41) is 14.3. The van der Waals surface area contributed by atoms with Crippen LogP contribution in [0.15, 0.2) is 30.5 Å². The van der Waals surface area contributed by atoms with Gasteiger partial charge in [-0.1, -0.05) is 49.2 Å². The molecule has 0 fully saturated rings. The molecule has 1 unspecified atom stereocenters. The third kappa shape index (κ3) is 3.26. The minimum atomic E-state index is -0.518. The monoisotopic (exact) mass is 292 g/mol. The van der Waals surface area contributed by atoms with Crippen molar-refractivity contribution in [3.63, 3.8) is 0 Å². The summed E-state index contributed by atoms with van der Waals surface area (Å²) in [6.45, 7) is 2.23. The Labute approximate surface area is 122 Å². The Hall–Kier alpha value is -1.65. The van der Waals surface area contributed by atoms with E-state index in [1.165, 1.54) is 6.20 Å². The van der Waals surface area contributed by atoms with E-state index < -0.39 is 6.10 Å². The first kappa shape index (κ1) is 14.8. The fourth-order valence-electron chi connectivity index (χ4n) is 2.08. The summed E-state index contributed by atoms with van der Waals surface area (Å²) in [5.41, 5.74) is 0.466. The number of aliphatic hydroxyl groups is 1. The highest BCUT2D eigenvalue weighted by Crippen LogP contribution is 2.24. The number of rotatable bonds is 5. The number of aliphatic hydroxyl groups excluding tert-OH is 1. The number of aromatic nitrogens is 1. The topological polar surface area (TPSA) is 62.2 Å². The van der Waals surface area contributed by atoms with E-state index >= 15 is 0 Å². The molecule has 106 valence electrons. The molecule has 1 heterocycles. The third-order valence-corrected chi connectivity index (χ3v) is 3.41. The van der Waals surface area contributed by atoms with Gasteiger partial charge in [0, 0.05) is 18.1 Å². The lowest BCUT2D eigenvalue weighted by molar-refractivity contribution is 0.0911. The van der Waals surface area contributed by atoms with E-state index in [1.807, 2.05) is 31.2 Å². The molecule has 2 N–H and O–H groups in total. The number of carbonyl (C=O) groups is 1. The first-order valence-electron chi connectivity index (χ1n) is 6.63. The van der Waals surface area contributed by atoms with Crippen LogP contribution < -0.4 is 5.32 Å². The molecule has 1 atom stereocenters. The largest absolute Gasteiger partial charge is 0.391 e. The number of hydrogen-bond donors (Lipinski definition) is 2. The predicted molar refractivity (Wildman–Crippen MR) is 80.0 cm³/mol. The highest BCUT2D eigenvalue weighted by Gasteiger charge is 2.13. The standard InChI is InChI=1S/C15H17ClN2O2/c1-2-5-10(19)8-18-15(20)13-9-17-14(16)12-7-4-3-6-11(12)13/h3-4,6-7,9-10,19H,2,5,8H2,1H3,(H,18,20). The lowest BCUT2D eigenvalue weighted by Crippen LogP contribution is -2.32. The molecule has 0 saturated heterocycles. The SMILES string of the molecule is CCCC(O)CNC(=O)c1cnc(Cl)c2ccccc12. The number of hydrogen-bond acceptors (Lipinski definition) is 3. The van der Waals surface area contributed by atoms with E-state index in [0.29, 0.717) is 17.1 Å². The first-order chi connectivity index (χ1) is 9.63. The average Bonchev–Trinajstić information content (AvgIpc) is 2.46. The summed E-state index contributed by atoms with van der Waals surface area (Å²) < 4.78 is 0. The predicted octanol–water partition coefficient (Wildman–Crippen LogP) is 2.78. The van der Waals surface area contributed by atoms with Crippen LogP contribution in [0, 0.1) is 0 Å². The Morgan fingerprint density at radius 2 is 2.10 bits per heavy atom. The van der Waals surface area contributed by atoms with E-state index in [0.717, 1.165) is 17.2 Å². The van der Waals surface area contributed by atoms with Crippen molar-refractivity contribution >= 4 is 28.3 Å². The molecule has 1 aromatic carbocycles. The minimum Gasteiger partial charge on any atom is -0.391 e. The number of carbonyl (C=O) groups excluding carboxylic acids is 1. The molecule has 5 heteroatoms. The molecule has 0 radical (unpaired) electrons. The summed E-state index contributed by atoms with van der Waals surface area (Å²) in [4.78, 5) is 16.2. The maximum Gasteiger partial charge on any atom is 0.253 e. The Morgan fingerprint density at radius 1 is 1.40 bits per heavy atom. The zero-order valence-corrected chi connectivity index (χ0v) is 12.0. The van der Waals surface area contributed by atoms with Crippen LogP contribution in [0.4, 0.5) is 0 Å². The number of pyridine rings is 1. The van der Waals surface area contributed by atoms with Crippen LogP contribution >= 0.6 is 11.6 Å². The summed E-state index contributed by atoms with van der Waals surface area (Å²) in [6.07, 6.45) is 2.49. The number of nitrogens with one attached hydrogen (secondary N) is 1. The van der Waals surface area contributed by atoms with Gasteiger partial charge in [-0.25, -0.2) is 4.98 Å². The number of benzene rings is 1. The lowest BCUT2D eigenvalue weighted by Gasteiger charge is -2.12. The second kappa shape index (κ2) is 6.68. The molecule has 2 aromatic rings. The van der Waals surface area contributed by atoms with Crippen LogP contribution in [0.2, 0.25) is 5.15 Å². The number of nitrogens with zero attached hydrogens (tertiary/aromatic N) is 1. The zero-order valence-electron chi connectivity index (χ0n) is 11.3. The van der Waals surface area contributed by atoms with E-state index in [2.05, 4.69) is 10.3 Å². The van der Waals surface area contributed by atoms with E-state index in [9.17, 15) is 9.90 Å². The maximum absolute atomic E-state index is 12.2. The van der Waals surface area contributed by atoms with Crippen LogP contribution in [0.25, 0.3) is 10.8 Å². The molecule has 1 amide bonds. The minimum absolute atomic E-state index is 0.240. The van der Waals surface area contributed by atoms with Gasteiger partial charge in [-0.3, -0.25) is 4.79 Å². The van der Waals surface area contributed by atoms with Crippen LogP contribution in [-0.2, 0) is 0 Å². The summed E-state index contributed by atoms with van der Waals surface area (Å²) >= 11 is 6.02. The molecule has 0 aliphatic heterocycles. The van der Waals surface area contributed by atoms with Crippen molar-refractivity contribution in [1.29, 1.82) is 0 Å². The Bertz CT molecular complexity index is 616. The van der Waals surface area contributed by atoms with E-state index in [-0.39, 0.29) is 12.5 Å². The molecule has 0 saturated carbocycles. The molecule has 0 spiro atoms. The quantitative estimate of drug-likeness (QED) is 0.833. The van der Waals surface area contributed by atoms with Crippen molar-refractivity contribution in [2.24, 2.45) is 0 Å². The molecular formula is C15H17ClN2O2. The normalized spacial score (nSPS) is 12.3. The average molecular weight is 293 g/mol. The molecule has 0 aliphatic carbocycles. The van der Waals surface area contributed by atoms with Gasteiger partial charge in [0.25, 0.3) is 5.91 Å². The van der Waals surface area contributed by atoms with Gasteiger partial charge in [0.2, 0.25) is 0 Å². The van der Waals surface area contributed by atoms with Gasteiger partial charge in [0.05, 0.1) is 11.7 Å². The van der Waals surface area contributed by atoms with Crippen molar-refractivity contribution < 1.29 is 9.90 Å². The third-order valence-electron chi connectivity index (χ3n) is 3.11. The fraction of sp³-hybridized carbons (Fsp3) is 0.333. The van der Waals surface area contributed by atoms with Crippen molar-refractivity contribution in [1.82, 2.24) is 10.3 Å². The summed E-state index contributed by atoms with van der Waals surface area (Å²) in [7, 11) is 0. The van der Waals surface area contributed by atoms with Gasteiger partial charge in [-0.05, 0) is 11.8 Å². The van der Waals surface area contributed by atoms with Gasteiger partial charge in [-0.15, -0.1) is 0 Å². The molecule has 20 heavy (non-hydrogen) atoms. The summed E-state index contributed by atoms with van der Waals surface area (Å²) in [5.74, 6) is -0.250. The smallest absolute Gasteiger partial charge is 0.253 e. The maximum atomic E-state index is 12.2. The molecule has 0 bridgehead atoms. The molecular weight excluding hydrogens is 276 g/mol. The highest BCUT2D eigenvalue weighted by molar-refractivity contribution is 6.34. The van der Waals surface area contributed by atoms with Crippen LogP contribution in [0.5, 0.6) is 0 Å². The number of amides is 1. The summed E-state index contributed by atoms with van der Waals surface area (Å²) in [6, 6.07) is 7.36. The lowest BCUT2D eigenvalue weighted by atomic mass is 10.1. The fourth-order valence-corrected chi connectivity index (χ4v) is 2.29. The van der Waals surface area contributed by atoms with Gasteiger partial charge in [-0.2, -0.15) is 0 Å². The Morgan fingerprint density at radius 3 is 2.80 bits per heavy atom. The van der Waals surface area contributed by atoms with Crippen LogP contribution in [-0.4, -0.2) is 28.6 Å². The Balaban J connectivity index is 2.20. The Kier molecular flexibility index (Phi) is 4.93. The second-order valence-corrected chi connectivity index (χ2v) is 5.02. The van der Waals surface area contributed by atoms with Crippen LogP contribution in [0.1, 0.15) is 30.1 Å². The molecule has 1 aromatic heterocycles. The number of fused-ring (bicyclic) bond motifs is 1. The van der Waals surface area contributed by atoms with Gasteiger partial charge >= 0.3 is 0 Å². The molecule has 2 rings (SSSR count). The van der Waals surface area contributed by atoms with Crippen molar-refractivity contribution in [3.8, 4) is 0 Å². The van der Waals surface area contributed by atoms with Crippen molar-refractivity contribution in [2.75, 3.05) is 6.54 Å². The zero-order chi connectivity index (χ0) is 14.5. The second-order valence-electron chi connectivity index (χ2n) is 4.66. The van der Waals surface area contributed by atoms with Crippen molar-refractivity contribution in [2.45, 2.75) is 25.9 Å². The number of halogens is 1.